The van der Waals surface area contributed by atoms with Gasteiger partial charge in [0, 0.05) is 16.6 Å². The van der Waals surface area contributed by atoms with Gasteiger partial charge in [0.05, 0.1) is 15.6 Å². The molecule has 2 aromatic rings. The standard InChI is InChI=1S/C17H17Br2Cl2NO.ClH/c1-2-23-17-14(18)7-11(8-15(17)19)10-22-6-5-12-3-4-13(20)9-16(12)21;/h3-4,7-9,22H,2,5-6,10H2,1H3;1H. The van der Waals surface area contributed by atoms with E-state index in [1.165, 1.54) is 5.56 Å². The van der Waals surface area contributed by atoms with Crippen molar-refractivity contribution in [2.75, 3.05) is 13.2 Å². The Kier molecular flexibility index (Phi) is 10.0. The Morgan fingerprint density at radius 2 is 1.75 bits per heavy atom. The van der Waals surface area contributed by atoms with Gasteiger partial charge < -0.3 is 10.1 Å². The van der Waals surface area contributed by atoms with Crippen LogP contribution in [0.5, 0.6) is 5.75 Å². The zero-order valence-electron chi connectivity index (χ0n) is 13.0. The molecule has 7 heteroatoms. The van der Waals surface area contributed by atoms with Crippen LogP contribution >= 0.6 is 67.5 Å². The lowest BCUT2D eigenvalue weighted by atomic mass is 10.1. The normalized spacial score (nSPS) is 10.4. The third-order valence-electron chi connectivity index (χ3n) is 3.26. The fraction of sp³-hybridized carbons (Fsp3) is 0.294. The van der Waals surface area contributed by atoms with E-state index < -0.39 is 0 Å². The summed E-state index contributed by atoms with van der Waals surface area (Å²) < 4.78 is 7.49. The zero-order valence-corrected chi connectivity index (χ0v) is 18.5. The molecule has 0 aliphatic carbocycles. The van der Waals surface area contributed by atoms with E-state index in [9.17, 15) is 0 Å². The maximum atomic E-state index is 6.18. The first-order valence-electron chi connectivity index (χ1n) is 7.26. The molecule has 24 heavy (non-hydrogen) atoms. The van der Waals surface area contributed by atoms with E-state index in [0.29, 0.717) is 16.7 Å². The van der Waals surface area contributed by atoms with Crippen molar-refractivity contribution in [1.82, 2.24) is 5.32 Å². The van der Waals surface area contributed by atoms with Crippen molar-refractivity contribution < 1.29 is 4.74 Å². The summed E-state index contributed by atoms with van der Waals surface area (Å²) in [4.78, 5) is 0. The van der Waals surface area contributed by atoms with Crippen molar-refractivity contribution in [2.45, 2.75) is 19.9 Å². The van der Waals surface area contributed by atoms with Gasteiger partial charge >= 0.3 is 0 Å². The van der Waals surface area contributed by atoms with Crippen LogP contribution in [-0.4, -0.2) is 13.2 Å². The third-order valence-corrected chi connectivity index (χ3v) is 5.03. The summed E-state index contributed by atoms with van der Waals surface area (Å²) in [6.45, 7) is 4.21. The molecule has 0 atom stereocenters. The number of rotatable bonds is 7. The second-order valence-corrected chi connectivity index (χ2v) is 7.54. The molecule has 1 N–H and O–H groups in total. The number of benzene rings is 2. The van der Waals surface area contributed by atoms with Crippen LogP contribution < -0.4 is 10.1 Å². The van der Waals surface area contributed by atoms with Gasteiger partial charge in [-0.1, -0.05) is 29.3 Å². The molecule has 0 amide bonds. The lowest BCUT2D eigenvalue weighted by Gasteiger charge is -2.12. The van der Waals surface area contributed by atoms with Crippen LogP contribution in [0.1, 0.15) is 18.1 Å². The van der Waals surface area contributed by atoms with Crippen LogP contribution in [-0.2, 0) is 13.0 Å². The Balaban J connectivity index is 0.00000288. The van der Waals surface area contributed by atoms with E-state index in [4.69, 9.17) is 27.9 Å². The van der Waals surface area contributed by atoms with E-state index >= 15 is 0 Å². The molecule has 0 aliphatic heterocycles. The van der Waals surface area contributed by atoms with Crippen molar-refractivity contribution in [3.63, 3.8) is 0 Å². The van der Waals surface area contributed by atoms with Gasteiger partial charge in [-0.05, 0) is 87.1 Å². The molecule has 0 bridgehead atoms. The van der Waals surface area contributed by atoms with Gasteiger partial charge in [-0.15, -0.1) is 12.4 Å². The molecule has 2 aromatic carbocycles. The maximum Gasteiger partial charge on any atom is 0.147 e. The summed E-state index contributed by atoms with van der Waals surface area (Å²) >= 11 is 19.2. The lowest BCUT2D eigenvalue weighted by Crippen LogP contribution is -2.17. The molecule has 2 nitrogen and oxygen atoms in total. The number of hydrogen-bond acceptors (Lipinski definition) is 2. The fourth-order valence-electron chi connectivity index (χ4n) is 2.18. The highest BCUT2D eigenvalue weighted by Gasteiger charge is 2.08. The first kappa shape index (κ1) is 22.1. The van der Waals surface area contributed by atoms with Crippen LogP contribution in [0.15, 0.2) is 39.3 Å². The largest absolute Gasteiger partial charge is 0.492 e. The molecule has 2 rings (SSSR count). The van der Waals surface area contributed by atoms with Gasteiger partial charge in [0.15, 0.2) is 0 Å². The Hall–Kier alpha value is 0.0300. The summed E-state index contributed by atoms with van der Waals surface area (Å²) in [5.74, 6) is 0.837. The topological polar surface area (TPSA) is 21.3 Å². The first-order chi connectivity index (χ1) is 11.0. The molecule has 0 heterocycles. The van der Waals surface area contributed by atoms with Crippen LogP contribution in [0, 0.1) is 0 Å². The van der Waals surface area contributed by atoms with Gasteiger partial charge in [-0.3, -0.25) is 0 Å². The van der Waals surface area contributed by atoms with Gasteiger partial charge in [0.1, 0.15) is 5.75 Å². The van der Waals surface area contributed by atoms with Crippen molar-refractivity contribution in [3.05, 3.63) is 60.4 Å². The van der Waals surface area contributed by atoms with Crippen LogP contribution in [0.3, 0.4) is 0 Å². The highest BCUT2D eigenvalue weighted by atomic mass is 79.9. The zero-order chi connectivity index (χ0) is 16.8. The highest BCUT2D eigenvalue weighted by Crippen LogP contribution is 2.34. The van der Waals surface area contributed by atoms with E-state index in [2.05, 4.69) is 49.3 Å². The minimum atomic E-state index is 0. The van der Waals surface area contributed by atoms with Crippen molar-refractivity contribution >= 4 is 67.5 Å². The average molecular weight is 519 g/mol. The summed E-state index contributed by atoms with van der Waals surface area (Å²) in [5.41, 5.74) is 2.27. The molecular weight excluding hydrogens is 500 g/mol. The fourth-order valence-corrected chi connectivity index (χ4v) is 4.19. The Morgan fingerprint density at radius 1 is 1.08 bits per heavy atom. The van der Waals surface area contributed by atoms with Crippen molar-refractivity contribution in [3.8, 4) is 5.75 Å². The average Bonchev–Trinajstić information content (AvgIpc) is 2.49. The predicted molar refractivity (Wildman–Crippen MR) is 112 cm³/mol. The molecule has 0 aromatic heterocycles. The second-order valence-electron chi connectivity index (χ2n) is 4.98. The number of ether oxygens (including phenoxy) is 1. The van der Waals surface area contributed by atoms with Gasteiger partial charge in [-0.2, -0.15) is 0 Å². The molecule has 0 aliphatic rings. The lowest BCUT2D eigenvalue weighted by molar-refractivity contribution is 0.336. The quantitative estimate of drug-likeness (QED) is 0.414. The Bertz CT molecular complexity index is 660. The molecule has 0 saturated heterocycles. The maximum absolute atomic E-state index is 6.18. The summed E-state index contributed by atoms with van der Waals surface area (Å²) in [7, 11) is 0. The van der Waals surface area contributed by atoms with E-state index in [1.807, 2.05) is 19.1 Å². The summed E-state index contributed by atoms with van der Waals surface area (Å²) in [5, 5.41) is 4.80. The van der Waals surface area contributed by atoms with Gasteiger partial charge in [-0.25, -0.2) is 0 Å². The summed E-state index contributed by atoms with van der Waals surface area (Å²) in [6.07, 6.45) is 0.857. The van der Waals surface area contributed by atoms with E-state index in [1.54, 1.807) is 6.07 Å². The van der Waals surface area contributed by atoms with Crippen LogP contribution in [0.4, 0.5) is 0 Å². The molecule has 0 spiro atoms. The first-order valence-corrected chi connectivity index (χ1v) is 9.60. The highest BCUT2D eigenvalue weighted by molar-refractivity contribution is 9.11. The number of nitrogens with one attached hydrogen (secondary N) is 1. The second kappa shape index (κ2) is 10.9. The molecule has 0 unspecified atom stereocenters. The van der Waals surface area contributed by atoms with E-state index in [-0.39, 0.29) is 12.4 Å². The SMILES string of the molecule is CCOc1c(Br)cc(CNCCc2ccc(Cl)cc2Cl)cc1Br.Cl. The van der Waals surface area contributed by atoms with Gasteiger partial charge in [0.25, 0.3) is 0 Å². The van der Waals surface area contributed by atoms with Crippen LogP contribution in [0.2, 0.25) is 10.0 Å². The number of halogens is 5. The summed E-state index contributed by atoms with van der Waals surface area (Å²) in [6, 6.07) is 9.75. The van der Waals surface area contributed by atoms with Crippen molar-refractivity contribution in [2.24, 2.45) is 0 Å². The Labute approximate surface area is 175 Å². The monoisotopic (exact) mass is 515 g/mol. The smallest absolute Gasteiger partial charge is 0.147 e. The predicted octanol–water partition coefficient (Wildman–Crippen LogP) is 6.67. The molecule has 0 saturated carbocycles. The Morgan fingerprint density at radius 3 is 2.33 bits per heavy atom. The molecule has 132 valence electrons. The van der Waals surface area contributed by atoms with Crippen molar-refractivity contribution in [1.29, 1.82) is 0 Å². The third kappa shape index (κ3) is 6.40. The van der Waals surface area contributed by atoms with Gasteiger partial charge in [0.2, 0.25) is 0 Å². The molecule has 0 radical (unpaired) electrons. The van der Waals surface area contributed by atoms with E-state index in [0.717, 1.165) is 39.8 Å². The molecule has 0 fully saturated rings. The molecular formula is C17H18Br2Cl3NO. The van der Waals surface area contributed by atoms with Crippen LogP contribution in [0.25, 0.3) is 0 Å². The minimum absolute atomic E-state index is 0. The number of hydrogen-bond donors (Lipinski definition) is 1. The minimum Gasteiger partial charge on any atom is -0.492 e.